The van der Waals surface area contributed by atoms with Gasteiger partial charge in [0.25, 0.3) is 5.91 Å². The minimum absolute atomic E-state index is 0.143. The van der Waals surface area contributed by atoms with E-state index in [0.29, 0.717) is 41.1 Å². The summed E-state index contributed by atoms with van der Waals surface area (Å²) in [6.45, 7) is 1.08. The number of para-hydroxylation sites is 1. The van der Waals surface area contributed by atoms with Crippen LogP contribution in [-0.4, -0.2) is 34.4 Å². The predicted molar refractivity (Wildman–Crippen MR) is 116 cm³/mol. The van der Waals surface area contributed by atoms with E-state index in [9.17, 15) is 9.18 Å². The first-order chi connectivity index (χ1) is 15.1. The lowest BCUT2D eigenvalue weighted by molar-refractivity contribution is 0.0730. The highest BCUT2D eigenvalue weighted by Gasteiger charge is 2.26. The van der Waals surface area contributed by atoms with Crippen molar-refractivity contribution in [1.82, 2.24) is 14.9 Å². The van der Waals surface area contributed by atoms with Crippen LogP contribution in [0.5, 0.6) is 5.75 Å². The molecular formula is C25H20FN3O2. The lowest BCUT2D eigenvalue weighted by atomic mass is 9.98. The summed E-state index contributed by atoms with van der Waals surface area (Å²) in [5.74, 6) is 0.787. The van der Waals surface area contributed by atoms with Crippen molar-refractivity contribution < 1.29 is 13.9 Å². The Morgan fingerprint density at radius 2 is 1.81 bits per heavy atom. The number of halogens is 1. The maximum atomic E-state index is 13.6. The van der Waals surface area contributed by atoms with Crippen LogP contribution < -0.4 is 4.74 Å². The van der Waals surface area contributed by atoms with E-state index in [0.717, 1.165) is 23.3 Å². The minimum Gasteiger partial charge on any atom is -0.496 e. The predicted octanol–water partition coefficient (Wildman–Crippen LogP) is 4.64. The van der Waals surface area contributed by atoms with Gasteiger partial charge in [0.1, 0.15) is 17.3 Å². The minimum atomic E-state index is -0.330. The molecule has 1 aliphatic rings. The lowest BCUT2D eigenvalue weighted by Crippen LogP contribution is -2.36. The number of rotatable bonds is 3. The van der Waals surface area contributed by atoms with E-state index in [1.807, 2.05) is 47.4 Å². The molecule has 3 aromatic carbocycles. The van der Waals surface area contributed by atoms with Gasteiger partial charge in [0.05, 0.1) is 12.6 Å². The second-order valence-electron chi connectivity index (χ2n) is 7.49. The van der Waals surface area contributed by atoms with Gasteiger partial charge in [-0.05, 0) is 48.4 Å². The Morgan fingerprint density at radius 1 is 1.00 bits per heavy atom. The SMILES string of the molecule is COc1cccc2c1CCN(C(=O)c1nc(-c3ccc(F)cc3)nc3ccccc13)C2. The fraction of sp³-hybridized carbons (Fsp3) is 0.160. The molecule has 0 unspecified atom stereocenters. The van der Waals surface area contributed by atoms with Crippen LogP contribution in [0.1, 0.15) is 21.6 Å². The zero-order valence-electron chi connectivity index (χ0n) is 17.0. The Labute approximate surface area is 179 Å². The Morgan fingerprint density at radius 3 is 2.61 bits per heavy atom. The first-order valence-electron chi connectivity index (χ1n) is 10.1. The number of carbonyl (C=O) groups excluding carboxylic acids is 1. The van der Waals surface area contributed by atoms with Crippen molar-refractivity contribution in [2.24, 2.45) is 0 Å². The Bertz CT molecular complexity index is 1290. The zero-order valence-corrected chi connectivity index (χ0v) is 17.0. The molecule has 0 radical (unpaired) electrons. The number of fused-ring (bicyclic) bond motifs is 2. The molecule has 2 heterocycles. The van der Waals surface area contributed by atoms with Crippen molar-refractivity contribution in [1.29, 1.82) is 0 Å². The number of nitrogens with zero attached hydrogens (tertiary/aromatic N) is 3. The van der Waals surface area contributed by atoms with Gasteiger partial charge in [-0.15, -0.1) is 0 Å². The Hall–Kier alpha value is -3.80. The molecule has 0 saturated heterocycles. The van der Waals surface area contributed by atoms with Crippen LogP contribution in [0.3, 0.4) is 0 Å². The van der Waals surface area contributed by atoms with Gasteiger partial charge in [0.2, 0.25) is 0 Å². The maximum absolute atomic E-state index is 13.6. The molecule has 0 N–H and O–H groups in total. The molecule has 1 aliphatic heterocycles. The van der Waals surface area contributed by atoms with Crippen molar-refractivity contribution in [3.8, 4) is 17.1 Å². The van der Waals surface area contributed by atoms with Gasteiger partial charge < -0.3 is 9.64 Å². The number of hydrogen-bond donors (Lipinski definition) is 0. The van der Waals surface area contributed by atoms with E-state index in [1.54, 1.807) is 19.2 Å². The Kier molecular flexibility index (Phi) is 4.82. The molecule has 0 fully saturated rings. The fourth-order valence-electron chi connectivity index (χ4n) is 4.06. The van der Waals surface area contributed by atoms with Gasteiger partial charge in [-0.25, -0.2) is 14.4 Å². The monoisotopic (exact) mass is 413 g/mol. The summed E-state index contributed by atoms with van der Waals surface area (Å²) in [6.07, 6.45) is 0.721. The van der Waals surface area contributed by atoms with Gasteiger partial charge in [0, 0.05) is 29.6 Å². The summed E-state index contributed by atoms with van der Waals surface area (Å²) >= 11 is 0. The van der Waals surface area contributed by atoms with Crippen molar-refractivity contribution in [3.63, 3.8) is 0 Å². The quantitative estimate of drug-likeness (QED) is 0.491. The highest BCUT2D eigenvalue weighted by Crippen LogP contribution is 2.29. The van der Waals surface area contributed by atoms with Crippen LogP contribution in [0.25, 0.3) is 22.3 Å². The summed E-state index contributed by atoms with van der Waals surface area (Å²) in [5, 5.41) is 0.704. The van der Waals surface area contributed by atoms with Gasteiger partial charge in [0.15, 0.2) is 5.82 Å². The maximum Gasteiger partial charge on any atom is 0.273 e. The molecule has 0 bridgehead atoms. The molecule has 154 valence electrons. The van der Waals surface area contributed by atoms with Crippen molar-refractivity contribution in [3.05, 3.63) is 89.4 Å². The Balaban J connectivity index is 1.56. The number of hydrogen-bond acceptors (Lipinski definition) is 4. The summed E-state index contributed by atoms with van der Waals surface area (Å²) in [7, 11) is 1.66. The van der Waals surface area contributed by atoms with Crippen LogP contribution in [-0.2, 0) is 13.0 Å². The topological polar surface area (TPSA) is 55.3 Å². The van der Waals surface area contributed by atoms with Crippen LogP contribution in [0.15, 0.2) is 66.7 Å². The normalized spacial score (nSPS) is 13.2. The molecule has 4 aromatic rings. The standard InChI is InChI=1S/C25H20FN3O2/c1-31-22-8-4-5-17-15-29(14-13-19(17)22)25(30)23-20-6-2-3-7-21(20)27-24(28-23)16-9-11-18(26)12-10-16/h2-12H,13-15H2,1H3. The van der Waals surface area contributed by atoms with E-state index in [1.165, 1.54) is 12.1 Å². The van der Waals surface area contributed by atoms with Gasteiger partial charge in [-0.2, -0.15) is 0 Å². The first-order valence-corrected chi connectivity index (χ1v) is 10.1. The summed E-state index contributed by atoms with van der Waals surface area (Å²) < 4.78 is 18.8. The third-order valence-corrected chi connectivity index (χ3v) is 5.64. The van der Waals surface area contributed by atoms with E-state index in [2.05, 4.69) is 9.97 Å². The first kappa shape index (κ1) is 19.2. The largest absolute Gasteiger partial charge is 0.496 e. The van der Waals surface area contributed by atoms with E-state index >= 15 is 0 Å². The van der Waals surface area contributed by atoms with E-state index < -0.39 is 0 Å². The average Bonchev–Trinajstić information content (AvgIpc) is 2.82. The van der Waals surface area contributed by atoms with Crippen LogP contribution in [0.2, 0.25) is 0 Å². The van der Waals surface area contributed by atoms with E-state index in [4.69, 9.17) is 4.74 Å². The third-order valence-electron chi connectivity index (χ3n) is 5.64. The average molecular weight is 413 g/mol. The van der Waals surface area contributed by atoms with Gasteiger partial charge >= 0.3 is 0 Å². The van der Waals surface area contributed by atoms with Crippen LogP contribution in [0.4, 0.5) is 4.39 Å². The second-order valence-corrected chi connectivity index (χ2v) is 7.49. The molecule has 5 rings (SSSR count). The number of amides is 1. The molecule has 0 atom stereocenters. The molecule has 0 aliphatic carbocycles. The fourth-order valence-corrected chi connectivity index (χ4v) is 4.06. The molecule has 6 heteroatoms. The second kappa shape index (κ2) is 7.80. The smallest absolute Gasteiger partial charge is 0.273 e. The molecule has 0 spiro atoms. The number of aromatic nitrogens is 2. The number of carbonyl (C=O) groups is 1. The molecule has 1 amide bonds. The van der Waals surface area contributed by atoms with Crippen molar-refractivity contribution in [2.75, 3.05) is 13.7 Å². The molecule has 31 heavy (non-hydrogen) atoms. The number of benzene rings is 3. The highest BCUT2D eigenvalue weighted by molar-refractivity contribution is 6.05. The molecule has 1 aromatic heterocycles. The van der Waals surface area contributed by atoms with Crippen molar-refractivity contribution >= 4 is 16.8 Å². The molecular weight excluding hydrogens is 393 g/mol. The summed E-state index contributed by atoms with van der Waals surface area (Å²) in [5.41, 5.74) is 3.93. The summed E-state index contributed by atoms with van der Waals surface area (Å²) in [4.78, 5) is 24.6. The van der Waals surface area contributed by atoms with Crippen LogP contribution >= 0.6 is 0 Å². The number of ether oxygens (including phenoxy) is 1. The highest BCUT2D eigenvalue weighted by atomic mass is 19.1. The molecule has 0 saturated carbocycles. The third kappa shape index (κ3) is 3.50. The van der Waals surface area contributed by atoms with Crippen LogP contribution in [0, 0.1) is 5.82 Å². The zero-order chi connectivity index (χ0) is 21.4. The summed E-state index contributed by atoms with van der Waals surface area (Å²) in [6, 6.07) is 19.4. The lowest BCUT2D eigenvalue weighted by Gasteiger charge is -2.29. The molecule has 5 nitrogen and oxygen atoms in total. The number of methoxy groups -OCH3 is 1. The van der Waals surface area contributed by atoms with Crippen molar-refractivity contribution in [2.45, 2.75) is 13.0 Å². The van der Waals surface area contributed by atoms with E-state index in [-0.39, 0.29) is 11.7 Å². The van der Waals surface area contributed by atoms with Gasteiger partial charge in [-0.1, -0.05) is 30.3 Å². The van der Waals surface area contributed by atoms with Gasteiger partial charge in [-0.3, -0.25) is 4.79 Å².